The van der Waals surface area contributed by atoms with Gasteiger partial charge in [0, 0.05) is 41.8 Å². The Hall–Kier alpha value is -2.09. The number of hydrogen-bond donors (Lipinski definition) is 1. The van der Waals surface area contributed by atoms with E-state index < -0.39 is 0 Å². The Morgan fingerprint density at radius 1 is 1.17 bits per heavy atom. The Kier molecular flexibility index (Phi) is 7.39. The maximum atomic E-state index is 12.7. The van der Waals surface area contributed by atoms with Crippen LogP contribution in [0.5, 0.6) is 0 Å². The molecule has 0 bridgehead atoms. The molecule has 6 nitrogen and oxygen atoms in total. The molecule has 0 spiro atoms. The van der Waals surface area contributed by atoms with E-state index in [1.54, 1.807) is 6.92 Å². The lowest BCUT2D eigenvalue weighted by atomic mass is 10.1. The molecule has 1 aromatic heterocycles. The fraction of sp³-hybridized carbons (Fsp3) is 0.455. The third-order valence-corrected chi connectivity index (χ3v) is 6.73. The highest BCUT2D eigenvalue weighted by Gasteiger charge is 2.24. The van der Waals surface area contributed by atoms with Crippen molar-refractivity contribution < 1.29 is 14.3 Å². The van der Waals surface area contributed by atoms with Gasteiger partial charge >= 0.3 is 5.97 Å². The normalized spacial score (nSPS) is 14.6. The lowest BCUT2D eigenvalue weighted by Gasteiger charge is -2.36. The number of nitrogens with zero attached hydrogens (tertiary/aromatic N) is 2. The Bertz CT molecular complexity index is 936. The summed E-state index contributed by atoms with van der Waals surface area (Å²) in [5.74, 6) is -0.505. The summed E-state index contributed by atoms with van der Waals surface area (Å²) >= 11 is 7.57. The molecule has 1 saturated heterocycles. The zero-order chi connectivity index (χ0) is 21.8. The van der Waals surface area contributed by atoms with Crippen molar-refractivity contribution in [1.82, 2.24) is 4.90 Å². The molecule has 1 aliphatic heterocycles. The van der Waals surface area contributed by atoms with Crippen LogP contribution in [0.25, 0.3) is 0 Å². The topological polar surface area (TPSA) is 61.9 Å². The number of amides is 1. The maximum absolute atomic E-state index is 12.7. The van der Waals surface area contributed by atoms with Gasteiger partial charge < -0.3 is 15.0 Å². The third kappa shape index (κ3) is 5.14. The van der Waals surface area contributed by atoms with Crippen LogP contribution < -0.4 is 10.2 Å². The maximum Gasteiger partial charge on any atom is 0.341 e. The second kappa shape index (κ2) is 9.81. The summed E-state index contributed by atoms with van der Waals surface area (Å²) in [4.78, 5) is 30.4. The number of carbonyl (C=O) groups excluding carboxylic acids is 2. The molecule has 0 radical (unpaired) electrons. The molecule has 0 saturated carbocycles. The molecule has 1 aromatic carbocycles. The van der Waals surface area contributed by atoms with Gasteiger partial charge in [0.2, 0.25) is 5.91 Å². The summed E-state index contributed by atoms with van der Waals surface area (Å²) in [7, 11) is 0. The second-order valence-corrected chi connectivity index (χ2v) is 9.11. The minimum Gasteiger partial charge on any atom is -0.462 e. The van der Waals surface area contributed by atoms with E-state index in [4.69, 9.17) is 16.3 Å². The van der Waals surface area contributed by atoms with Crippen LogP contribution in [0.4, 0.5) is 10.7 Å². The molecule has 3 rings (SSSR count). The lowest BCUT2D eigenvalue weighted by molar-refractivity contribution is -0.117. The number of halogens is 1. The van der Waals surface area contributed by atoms with Crippen molar-refractivity contribution in [1.29, 1.82) is 0 Å². The fourth-order valence-corrected chi connectivity index (χ4v) is 4.83. The van der Waals surface area contributed by atoms with Gasteiger partial charge in [-0.25, -0.2) is 4.79 Å². The summed E-state index contributed by atoms with van der Waals surface area (Å²) in [6, 6.07) is 5.93. The molecular weight excluding hydrogens is 422 g/mol. The monoisotopic (exact) mass is 449 g/mol. The molecule has 1 aliphatic rings. The first kappa shape index (κ1) is 22.6. The van der Waals surface area contributed by atoms with Crippen molar-refractivity contribution in [3.05, 3.63) is 44.8 Å². The number of thiophene rings is 1. The molecule has 1 N–H and O–H groups in total. The number of hydrogen-bond acceptors (Lipinski definition) is 6. The highest BCUT2D eigenvalue weighted by Crippen LogP contribution is 2.33. The van der Waals surface area contributed by atoms with Crippen LogP contribution in [0, 0.1) is 20.8 Å². The van der Waals surface area contributed by atoms with E-state index in [-0.39, 0.29) is 11.9 Å². The third-order valence-electron chi connectivity index (χ3n) is 5.37. The molecule has 8 heteroatoms. The van der Waals surface area contributed by atoms with Crippen molar-refractivity contribution >= 4 is 45.5 Å². The number of rotatable bonds is 6. The average Bonchev–Trinajstić information content (AvgIpc) is 2.98. The van der Waals surface area contributed by atoms with Gasteiger partial charge in [-0.3, -0.25) is 9.69 Å². The van der Waals surface area contributed by atoms with Crippen molar-refractivity contribution in [2.24, 2.45) is 0 Å². The van der Waals surface area contributed by atoms with Crippen LogP contribution in [0.15, 0.2) is 18.2 Å². The average molecular weight is 450 g/mol. The second-order valence-electron chi connectivity index (χ2n) is 7.45. The van der Waals surface area contributed by atoms with Crippen molar-refractivity contribution in [3.63, 3.8) is 0 Å². The van der Waals surface area contributed by atoms with Crippen LogP contribution >= 0.6 is 22.9 Å². The van der Waals surface area contributed by atoms with E-state index >= 15 is 0 Å². The van der Waals surface area contributed by atoms with Crippen molar-refractivity contribution in [3.8, 4) is 0 Å². The zero-order valence-electron chi connectivity index (χ0n) is 17.9. The standard InChI is InChI=1S/C22H28ClN3O3S/c1-5-29-22(28)20-15(3)16(4)30-21(20)24-19(27)13-25-8-10-26(11-9-25)18-12-17(23)7-6-14(18)2/h6-7,12H,5,8-11,13H2,1-4H3,(H,24,27). The molecule has 30 heavy (non-hydrogen) atoms. The number of piperazine rings is 1. The Morgan fingerprint density at radius 2 is 1.87 bits per heavy atom. The van der Waals surface area contributed by atoms with Crippen LogP contribution in [0.2, 0.25) is 5.02 Å². The molecule has 2 heterocycles. The molecular formula is C22H28ClN3O3S. The van der Waals surface area contributed by atoms with Gasteiger partial charge in [0.1, 0.15) is 5.00 Å². The molecule has 2 aromatic rings. The molecule has 1 fully saturated rings. The van der Waals surface area contributed by atoms with E-state index in [0.29, 0.717) is 23.7 Å². The predicted molar refractivity (Wildman–Crippen MR) is 123 cm³/mol. The number of esters is 1. The smallest absolute Gasteiger partial charge is 0.341 e. The molecule has 162 valence electrons. The van der Waals surface area contributed by atoms with E-state index in [2.05, 4.69) is 22.0 Å². The molecule has 0 unspecified atom stereocenters. The van der Waals surface area contributed by atoms with Crippen LogP contribution in [0.3, 0.4) is 0 Å². The molecule has 0 aliphatic carbocycles. The summed E-state index contributed by atoms with van der Waals surface area (Å²) < 4.78 is 5.16. The van der Waals surface area contributed by atoms with Gasteiger partial charge in [0.05, 0.1) is 18.7 Å². The van der Waals surface area contributed by atoms with Crippen LogP contribution in [-0.4, -0.2) is 56.1 Å². The first-order chi connectivity index (χ1) is 14.3. The summed E-state index contributed by atoms with van der Waals surface area (Å²) in [5, 5.41) is 4.23. The van der Waals surface area contributed by atoms with Gasteiger partial charge in [-0.05, 0) is 51.0 Å². The number of carbonyl (C=O) groups is 2. The van der Waals surface area contributed by atoms with E-state index in [9.17, 15) is 9.59 Å². The summed E-state index contributed by atoms with van der Waals surface area (Å²) in [6.07, 6.45) is 0. The minimum atomic E-state index is -0.389. The van der Waals surface area contributed by atoms with Gasteiger partial charge in [-0.2, -0.15) is 0 Å². The highest BCUT2D eigenvalue weighted by atomic mass is 35.5. The summed E-state index contributed by atoms with van der Waals surface area (Å²) in [6.45, 7) is 11.5. The van der Waals surface area contributed by atoms with E-state index in [0.717, 1.165) is 47.3 Å². The lowest BCUT2D eigenvalue weighted by Crippen LogP contribution is -2.48. The van der Waals surface area contributed by atoms with E-state index in [1.807, 2.05) is 32.0 Å². The van der Waals surface area contributed by atoms with Crippen LogP contribution in [0.1, 0.15) is 33.3 Å². The Morgan fingerprint density at radius 3 is 2.53 bits per heavy atom. The van der Waals surface area contributed by atoms with Gasteiger partial charge in [-0.1, -0.05) is 17.7 Å². The predicted octanol–water partition coefficient (Wildman–Crippen LogP) is 4.26. The highest BCUT2D eigenvalue weighted by molar-refractivity contribution is 7.16. The first-order valence-electron chi connectivity index (χ1n) is 10.1. The van der Waals surface area contributed by atoms with Crippen molar-refractivity contribution in [2.75, 3.05) is 49.5 Å². The van der Waals surface area contributed by atoms with Crippen LogP contribution in [-0.2, 0) is 9.53 Å². The number of nitrogens with one attached hydrogen (secondary N) is 1. The van der Waals surface area contributed by atoms with Gasteiger partial charge in [-0.15, -0.1) is 11.3 Å². The number of anilines is 2. The quantitative estimate of drug-likeness (QED) is 0.667. The summed E-state index contributed by atoms with van der Waals surface area (Å²) in [5.41, 5.74) is 3.67. The van der Waals surface area contributed by atoms with Gasteiger partial charge in [0.15, 0.2) is 0 Å². The fourth-order valence-electron chi connectivity index (χ4n) is 3.60. The van der Waals surface area contributed by atoms with Gasteiger partial charge in [0.25, 0.3) is 0 Å². The number of aryl methyl sites for hydroxylation is 2. The van der Waals surface area contributed by atoms with Crippen molar-refractivity contribution in [2.45, 2.75) is 27.7 Å². The molecule has 0 atom stereocenters. The number of benzene rings is 1. The zero-order valence-corrected chi connectivity index (χ0v) is 19.5. The first-order valence-corrected chi connectivity index (χ1v) is 11.3. The minimum absolute atomic E-state index is 0.116. The Balaban J connectivity index is 1.59. The number of ether oxygens (including phenoxy) is 1. The van der Waals surface area contributed by atoms with E-state index in [1.165, 1.54) is 16.9 Å². The Labute approximate surface area is 186 Å². The largest absolute Gasteiger partial charge is 0.462 e. The molecule has 1 amide bonds. The SMILES string of the molecule is CCOC(=O)c1c(NC(=O)CN2CCN(c3cc(Cl)ccc3C)CC2)sc(C)c1C.